The van der Waals surface area contributed by atoms with Crippen LogP contribution in [0.2, 0.25) is 10.0 Å². The summed E-state index contributed by atoms with van der Waals surface area (Å²) < 4.78 is 5.77. The molecule has 2 aromatic carbocycles. The van der Waals surface area contributed by atoms with Gasteiger partial charge in [-0.15, -0.1) is 0 Å². The van der Waals surface area contributed by atoms with E-state index < -0.39 is 0 Å². The highest BCUT2D eigenvalue weighted by Crippen LogP contribution is 2.24. The molecule has 2 aromatic rings. The van der Waals surface area contributed by atoms with Crippen molar-refractivity contribution in [1.82, 2.24) is 0 Å². The lowest BCUT2D eigenvalue weighted by Crippen LogP contribution is -1.99. The van der Waals surface area contributed by atoms with Crippen LogP contribution in [0, 0.1) is 5.53 Å². The maximum atomic E-state index is 6.56. The molecule has 108 valence electrons. The van der Waals surface area contributed by atoms with Crippen molar-refractivity contribution >= 4 is 23.2 Å². The maximum absolute atomic E-state index is 6.56. The minimum absolute atomic E-state index is 0.299. The fourth-order valence-corrected chi connectivity index (χ4v) is 2.17. The van der Waals surface area contributed by atoms with Crippen molar-refractivity contribution in [3.05, 3.63) is 63.6 Å². The van der Waals surface area contributed by atoms with E-state index in [-0.39, 0.29) is 0 Å². The molecule has 0 aromatic heterocycles. The summed E-state index contributed by atoms with van der Waals surface area (Å²) in [5.41, 5.74) is 8.27. The normalized spacial score (nSPS) is 10.8. The van der Waals surface area contributed by atoms with E-state index in [1.807, 2.05) is 30.3 Å². The zero-order valence-electron chi connectivity index (χ0n) is 11.0. The van der Waals surface area contributed by atoms with Gasteiger partial charge in [0.15, 0.2) is 0 Å². The van der Waals surface area contributed by atoms with Crippen LogP contribution in [0.4, 0.5) is 0 Å². The van der Waals surface area contributed by atoms with Crippen molar-refractivity contribution in [2.24, 2.45) is 15.6 Å². The Hall–Kier alpha value is -1.98. The smallest absolute Gasteiger partial charge is 0.124 e. The van der Waals surface area contributed by atoms with Crippen molar-refractivity contribution < 1.29 is 4.74 Å². The lowest BCUT2D eigenvalue weighted by Gasteiger charge is -2.11. The van der Waals surface area contributed by atoms with Gasteiger partial charge in [-0.25, -0.2) is 0 Å². The quantitative estimate of drug-likeness (QED) is 0.555. The van der Waals surface area contributed by atoms with Crippen LogP contribution in [0.15, 0.2) is 58.0 Å². The number of ether oxygens (including phenoxy) is 1. The molecule has 0 spiro atoms. The van der Waals surface area contributed by atoms with Gasteiger partial charge in [-0.05, 0) is 28.6 Å². The highest BCUT2D eigenvalue weighted by atomic mass is 35.5. The summed E-state index contributed by atoms with van der Waals surface area (Å²) in [5, 5.41) is 11.0. The molecule has 0 saturated heterocycles. The van der Waals surface area contributed by atoms with Gasteiger partial charge in [-0.1, -0.05) is 47.5 Å². The van der Waals surface area contributed by atoms with Gasteiger partial charge in [0.25, 0.3) is 0 Å². The van der Waals surface area contributed by atoms with Gasteiger partial charge >= 0.3 is 0 Å². The Morgan fingerprint density at radius 1 is 1.05 bits per heavy atom. The van der Waals surface area contributed by atoms with Crippen molar-refractivity contribution in [2.75, 3.05) is 0 Å². The Morgan fingerprint density at radius 2 is 1.86 bits per heavy atom. The maximum Gasteiger partial charge on any atom is 0.124 e. The lowest BCUT2D eigenvalue weighted by molar-refractivity contribution is 0.303. The molecule has 7 heteroatoms. The van der Waals surface area contributed by atoms with E-state index >= 15 is 0 Å². The molecule has 0 fully saturated rings. The molecule has 0 radical (unpaired) electrons. The molecule has 0 aliphatic rings. The van der Waals surface area contributed by atoms with Crippen LogP contribution < -0.4 is 4.74 Å². The van der Waals surface area contributed by atoms with Gasteiger partial charge < -0.3 is 4.74 Å². The predicted octanol–water partition coefficient (Wildman–Crippen LogP) is 5.47. The molecule has 21 heavy (non-hydrogen) atoms. The average Bonchev–Trinajstić information content (AvgIpc) is 2.48. The van der Waals surface area contributed by atoms with Crippen LogP contribution in [-0.2, 0) is 13.2 Å². The van der Waals surface area contributed by atoms with Crippen LogP contribution in [0.5, 0.6) is 5.75 Å². The Bertz CT molecular complexity index is 661. The highest BCUT2D eigenvalue weighted by molar-refractivity contribution is 6.35. The number of hydrogen-bond donors (Lipinski definition) is 1. The van der Waals surface area contributed by atoms with Crippen LogP contribution >= 0.6 is 23.2 Å². The first kappa shape index (κ1) is 15.4. The van der Waals surface area contributed by atoms with E-state index in [1.54, 1.807) is 12.1 Å². The molecule has 0 aliphatic carbocycles. The van der Waals surface area contributed by atoms with Crippen LogP contribution in [0.3, 0.4) is 0 Å². The third-order valence-electron chi connectivity index (χ3n) is 2.72. The van der Waals surface area contributed by atoms with Gasteiger partial charge in [0.1, 0.15) is 12.4 Å². The summed E-state index contributed by atoms with van der Waals surface area (Å²) in [5.74, 6) is 0.687. The highest BCUT2D eigenvalue weighted by Gasteiger charge is 2.06. The zero-order valence-corrected chi connectivity index (χ0v) is 12.5. The number of nitrogens with one attached hydrogen (secondary N) is 1. The number of hydrogen-bond acceptors (Lipinski definition) is 3. The predicted molar refractivity (Wildman–Crippen MR) is 80.9 cm³/mol. The van der Waals surface area contributed by atoms with E-state index in [1.165, 1.54) is 0 Å². The molecule has 1 N–H and O–H groups in total. The number of para-hydroxylation sites is 1. The summed E-state index contributed by atoms with van der Waals surface area (Å²) in [4.78, 5) is 0. The Kier molecular flexibility index (Phi) is 5.66. The summed E-state index contributed by atoms with van der Waals surface area (Å²) in [6, 6.07) is 12.7. The molecule has 0 unspecified atom stereocenters. The Labute approximate surface area is 132 Å². The van der Waals surface area contributed by atoms with E-state index in [0.29, 0.717) is 28.9 Å². The minimum Gasteiger partial charge on any atom is -0.488 e. The van der Waals surface area contributed by atoms with Crippen molar-refractivity contribution in [3.8, 4) is 5.75 Å². The molecule has 0 bridgehead atoms. The number of benzene rings is 2. The van der Waals surface area contributed by atoms with Gasteiger partial charge in [0.05, 0.1) is 6.54 Å². The molecule has 0 saturated carbocycles. The third-order valence-corrected chi connectivity index (χ3v) is 3.31. The van der Waals surface area contributed by atoms with Crippen molar-refractivity contribution in [2.45, 2.75) is 13.2 Å². The molecule has 0 amide bonds. The second kappa shape index (κ2) is 7.71. The summed E-state index contributed by atoms with van der Waals surface area (Å²) in [6.07, 6.45) is 0. The van der Waals surface area contributed by atoms with E-state index in [9.17, 15) is 0 Å². The fraction of sp³-hybridized carbons (Fsp3) is 0.143. The first-order valence-corrected chi connectivity index (χ1v) is 6.84. The standard InChI is InChI=1S/C14H12Cl2N4O/c15-12-6-5-11(13(16)7-12)9-21-14-4-2-1-3-10(14)8-18-20-19-17/h1-7,17H,8-9H2. The van der Waals surface area contributed by atoms with Crippen molar-refractivity contribution in [3.63, 3.8) is 0 Å². The van der Waals surface area contributed by atoms with Crippen LogP contribution in [0.1, 0.15) is 11.1 Å². The Balaban J connectivity index is 2.09. The number of rotatable bonds is 6. The number of halogens is 2. The molecule has 5 nitrogen and oxygen atoms in total. The molecular weight excluding hydrogens is 311 g/mol. The largest absolute Gasteiger partial charge is 0.488 e. The summed E-state index contributed by atoms with van der Waals surface area (Å²) in [7, 11) is 0. The first-order valence-electron chi connectivity index (χ1n) is 6.08. The summed E-state index contributed by atoms with van der Waals surface area (Å²) in [6.45, 7) is 0.625. The van der Waals surface area contributed by atoms with Gasteiger partial charge in [0, 0.05) is 21.2 Å². The zero-order chi connectivity index (χ0) is 15.1. The molecule has 2 rings (SSSR count). The topological polar surface area (TPSA) is 70.2 Å². The lowest BCUT2D eigenvalue weighted by atomic mass is 10.2. The average molecular weight is 323 g/mol. The summed E-state index contributed by atoms with van der Waals surface area (Å²) >= 11 is 12.0. The molecule has 0 atom stereocenters. The SMILES string of the molecule is N=NN=NCc1ccccc1OCc1ccc(Cl)cc1Cl. The monoisotopic (exact) mass is 322 g/mol. The molecular formula is C14H12Cl2N4O. The molecule has 0 heterocycles. The van der Waals surface area contributed by atoms with Crippen LogP contribution in [0.25, 0.3) is 0 Å². The third kappa shape index (κ3) is 4.51. The second-order valence-corrected chi connectivity index (χ2v) is 4.96. The van der Waals surface area contributed by atoms with Crippen molar-refractivity contribution in [1.29, 1.82) is 5.53 Å². The Morgan fingerprint density at radius 3 is 2.62 bits per heavy atom. The fourth-order valence-electron chi connectivity index (χ4n) is 1.71. The molecule has 0 aliphatic heterocycles. The second-order valence-electron chi connectivity index (χ2n) is 4.12. The van der Waals surface area contributed by atoms with E-state index in [4.69, 9.17) is 33.5 Å². The number of nitrogens with zero attached hydrogens (tertiary/aromatic N) is 3. The van der Waals surface area contributed by atoms with Crippen LogP contribution in [-0.4, -0.2) is 0 Å². The van der Waals surface area contributed by atoms with E-state index in [2.05, 4.69) is 15.6 Å². The van der Waals surface area contributed by atoms with Gasteiger partial charge in [-0.3, -0.25) is 0 Å². The minimum atomic E-state index is 0.299. The first-order chi connectivity index (χ1) is 10.2. The van der Waals surface area contributed by atoms with Gasteiger partial charge in [-0.2, -0.15) is 10.6 Å². The van der Waals surface area contributed by atoms with Gasteiger partial charge in [0.2, 0.25) is 0 Å². The van der Waals surface area contributed by atoms with E-state index in [0.717, 1.165) is 11.1 Å².